The molecule has 5 nitrogen and oxygen atoms in total. The molecule has 0 aromatic carbocycles. The van der Waals surface area contributed by atoms with E-state index in [1.807, 2.05) is 20.8 Å². The van der Waals surface area contributed by atoms with E-state index in [0.29, 0.717) is 12.5 Å². The SMILES string of the molecule is Cc1nn(-c2ncc(CN)cn2)c(C)c1C. The molecule has 2 aromatic rings. The molecule has 2 aromatic heterocycles. The number of hydrogen-bond acceptors (Lipinski definition) is 4. The van der Waals surface area contributed by atoms with Gasteiger partial charge in [0.25, 0.3) is 5.95 Å². The molecule has 0 saturated heterocycles. The van der Waals surface area contributed by atoms with Gasteiger partial charge in [-0.15, -0.1) is 0 Å². The third kappa shape index (κ3) is 1.69. The molecule has 5 heteroatoms. The van der Waals surface area contributed by atoms with E-state index in [9.17, 15) is 0 Å². The molecule has 84 valence electrons. The van der Waals surface area contributed by atoms with Crippen LogP contribution in [0.2, 0.25) is 0 Å². The third-order valence-corrected chi connectivity index (χ3v) is 2.77. The van der Waals surface area contributed by atoms with Crippen molar-refractivity contribution in [1.82, 2.24) is 19.7 Å². The Labute approximate surface area is 94.3 Å². The molecule has 0 aliphatic rings. The van der Waals surface area contributed by atoms with Gasteiger partial charge in [0, 0.05) is 30.2 Å². The lowest BCUT2D eigenvalue weighted by atomic mass is 10.2. The smallest absolute Gasteiger partial charge is 0.250 e. The Hall–Kier alpha value is -1.75. The Morgan fingerprint density at radius 3 is 2.25 bits per heavy atom. The van der Waals surface area contributed by atoms with Gasteiger partial charge in [-0.3, -0.25) is 0 Å². The van der Waals surface area contributed by atoms with Gasteiger partial charge < -0.3 is 5.73 Å². The van der Waals surface area contributed by atoms with Crippen molar-refractivity contribution in [3.05, 3.63) is 34.9 Å². The van der Waals surface area contributed by atoms with E-state index in [2.05, 4.69) is 15.1 Å². The lowest BCUT2D eigenvalue weighted by Crippen LogP contribution is -2.06. The second-order valence-corrected chi connectivity index (χ2v) is 3.80. The van der Waals surface area contributed by atoms with E-state index in [1.165, 1.54) is 5.56 Å². The van der Waals surface area contributed by atoms with E-state index >= 15 is 0 Å². The van der Waals surface area contributed by atoms with Crippen LogP contribution in [0.25, 0.3) is 5.95 Å². The lowest BCUT2D eigenvalue weighted by Gasteiger charge is -2.02. The summed E-state index contributed by atoms with van der Waals surface area (Å²) in [4.78, 5) is 8.49. The van der Waals surface area contributed by atoms with Crippen molar-refractivity contribution in [2.75, 3.05) is 0 Å². The van der Waals surface area contributed by atoms with E-state index in [0.717, 1.165) is 17.0 Å². The molecule has 16 heavy (non-hydrogen) atoms. The molecule has 0 saturated carbocycles. The molecule has 0 fully saturated rings. The van der Waals surface area contributed by atoms with Crippen molar-refractivity contribution in [3.8, 4) is 5.95 Å². The number of nitrogens with zero attached hydrogens (tertiary/aromatic N) is 4. The van der Waals surface area contributed by atoms with Crippen LogP contribution >= 0.6 is 0 Å². The van der Waals surface area contributed by atoms with Crippen LogP contribution < -0.4 is 5.73 Å². The highest BCUT2D eigenvalue weighted by Gasteiger charge is 2.10. The zero-order chi connectivity index (χ0) is 11.7. The van der Waals surface area contributed by atoms with Crippen LogP contribution in [-0.2, 0) is 6.54 Å². The zero-order valence-corrected chi connectivity index (χ0v) is 9.73. The second kappa shape index (κ2) is 4.02. The van der Waals surface area contributed by atoms with E-state index in [4.69, 9.17) is 5.73 Å². The summed E-state index contributed by atoms with van der Waals surface area (Å²) in [6.45, 7) is 6.49. The van der Waals surface area contributed by atoms with Gasteiger partial charge in [-0.1, -0.05) is 0 Å². The maximum atomic E-state index is 5.49. The Bertz CT molecular complexity index is 498. The first-order valence-corrected chi connectivity index (χ1v) is 5.17. The number of nitrogens with two attached hydrogens (primary N) is 1. The number of aryl methyl sites for hydroxylation is 1. The largest absolute Gasteiger partial charge is 0.326 e. The normalized spacial score (nSPS) is 10.8. The van der Waals surface area contributed by atoms with Gasteiger partial charge in [0.1, 0.15) is 0 Å². The van der Waals surface area contributed by atoms with Crippen LogP contribution in [-0.4, -0.2) is 19.7 Å². The molecule has 0 radical (unpaired) electrons. The Morgan fingerprint density at radius 2 is 1.81 bits per heavy atom. The molecule has 0 amide bonds. The standard InChI is InChI=1S/C11H15N5/c1-7-8(2)15-16(9(7)3)11-13-5-10(4-12)6-14-11/h5-6H,4,12H2,1-3H3. The fraction of sp³-hybridized carbons (Fsp3) is 0.364. The van der Waals surface area contributed by atoms with Gasteiger partial charge in [-0.2, -0.15) is 5.10 Å². The molecule has 2 rings (SSSR count). The first-order valence-electron chi connectivity index (χ1n) is 5.17. The summed E-state index contributed by atoms with van der Waals surface area (Å²) >= 11 is 0. The predicted octanol–water partition coefficient (Wildman–Crippen LogP) is 1.05. The Morgan fingerprint density at radius 1 is 1.19 bits per heavy atom. The molecule has 0 bridgehead atoms. The fourth-order valence-corrected chi connectivity index (χ4v) is 1.48. The average Bonchev–Trinajstić information content (AvgIpc) is 2.57. The molecule has 2 heterocycles. The average molecular weight is 217 g/mol. The number of aromatic nitrogens is 4. The van der Waals surface area contributed by atoms with Gasteiger partial charge >= 0.3 is 0 Å². The zero-order valence-electron chi connectivity index (χ0n) is 9.73. The van der Waals surface area contributed by atoms with Crippen molar-refractivity contribution < 1.29 is 0 Å². The van der Waals surface area contributed by atoms with Crippen molar-refractivity contribution in [1.29, 1.82) is 0 Å². The van der Waals surface area contributed by atoms with Crippen LogP contribution in [0.5, 0.6) is 0 Å². The Balaban J connectivity index is 2.46. The van der Waals surface area contributed by atoms with Gasteiger partial charge in [-0.05, 0) is 26.3 Å². The molecule has 0 atom stereocenters. The highest BCUT2D eigenvalue weighted by molar-refractivity contribution is 5.28. The maximum absolute atomic E-state index is 5.49. The quantitative estimate of drug-likeness (QED) is 0.816. The molecule has 0 spiro atoms. The van der Waals surface area contributed by atoms with E-state index in [-0.39, 0.29) is 0 Å². The van der Waals surface area contributed by atoms with Crippen molar-refractivity contribution in [3.63, 3.8) is 0 Å². The summed E-state index contributed by atoms with van der Waals surface area (Å²) in [5.41, 5.74) is 9.66. The summed E-state index contributed by atoms with van der Waals surface area (Å²) < 4.78 is 1.75. The summed E-state index contributed by atoms with van der Waals surface area (Å²) in [5, 5.41) is 4.40. The van der Waals surface area contributed by atoms with Crippen LogP contribution in [0.1, 0.15) is 22.5 Å². The molecule has 0 aliphatic carbocycles. The topological polar surface area (TPSA) is 69.6 Å². The summed E-state index contributed by atoms with van der Waals surface area (Å²) in [6, 6.07) is 0. The van der Waals surface area contributed by atoms with Gasteiger partial charge in [0.15, 0.2) is 0 Å². The van der Waals surface area contributed by atoms with Crippen LogP contribution in [0.4, 0.5) is 0 Å². The molecular weight excluding hydrogens is 202 g/mol. The van der Waals surface area contributed by atoms with Crippen LogP contribution in [0, 0.1) is 20.8 Å². The highest BCUT2D eigenvalue weighted by Crippen LogP contribution is 2.13. The van der Waals surface area contributed by atoms with Crippen molar-refractivity contribution in [2.24, 2.45) is 5.73 Å². The van der Waals surface area contributed by atoms with Crippen LogP contribution in [0.3, 0.4) is 0 Å². The predicted molar refractivity (Wildman–Crippen MR) is 61.3 cm³/mol. The van der Waals surface area contributed by atoms with Crippen molar-refractivity contribution >= 4 is 0 Å². The minimum atomic E-state index is 0.455. The summed E-state index contributed by atoms with van der Waals surface area (Å²) in [6.07, 6.45) is 3.46. The first kappa shape index (κ1) is 10.8. The Kier molecular flexibility index (Phi) is 2.70. The molecule has 0 aliphatic heterocycles. The second-order valence-electron chi connectivity index (χ2n) is 3.80. The fourth-order valence-electron chi connectivity index (χ4n) is 1.48. The first-order chi connectivity index (χ1) is 7.63. The van der Waals surface area contributed by atoms with Crippen molar-refractivity contribution in [2.45, 2.75) is 27.3 Å². The minimum Gasteiger partial charge on any atom is -0.326 e. The molecule has 0 unspecified atom stereocenters. The molecular formula is C11H15N5. The number of hydrogen-bond donors (Lipinski definition) is 1. The number of rotatable bonds is 2. The maximum Gasteiger partial charge on any atom is 0.250 e. The molecule has 2 N–H and O–H groups in total. The van der Waals surface area contributed by atoms with E-state index < -0.39 is 0 Å². The minimum absolute atomic E-state index is 0.455. The van der Waals surface area contributed by atoms with Crippen LogP contribution in [0.15, 0.2) is 12.4 Å². The van der Waals surface area contributed by atoms with E-state index in [1.54, 1.807) is 17.1 Å². The highest BCUT2D eigenvalue weighted by atomic mass is 15.4. The van der Waals surface area contributed by atoms with Gasteiger partial charge in [-0.25, -0.2) is 14.6 Å². The van der Waals surface area contributed by atoms with Gasteiger partial charge in [0.2, 0.25) is 0 Å². The summed E-state index contributed by atoms with van der Waals surface area (Å²) in [7, 11) is 0. The lowest BCUT2D eigenvalue weighted by molar-refractivity contribution is 0.768. The van der Waals surface area contributed by atoms with Gasteiger partial charge in [0.05, 0.1) is 5.69 Å². The third-order valence-electron chi connectivity index (χ3n) is 2.77. The monoisotopic (exact) mass is 217 g/mol. The summed E-state index contributed by atoms with van der Waals surface area (Å²) in [5.74, 6) is 0.589.